The number of anilines is 1. The van der Waals surface area contributed by atoms with Crippen molar-refractivity contribution in [2.75, 3.05) is 5.32 Å². The van der Waals surface area contributed by atoms with Crippen molar-refractivity contribution < 1.29 is 9.66 Å². The van der Waals surface area contributed by atoms with E-state index >= 15 is 0 Å². The van der Waals surface area contributed by atoms with Gasteiger partial charge in [-0.1, -0.05) is 6.92 Å². The van der Waals surface area contributed by atoms with E-state index in [-0.39, 0.29) is 17.3 Å². The van der Waals surface area contributed by atoms with E-state index < -0.39 is 4.92 Å². The minimum Gasteiger partial charge on any atom is -0.484 e. The summed E-state index contributed by atoms with van der Waals surface area (Å²) < 4.78 is 5.51. The Morgan fingerprint density at radius 1 is 1.42 bits per heavy atom. The SMILES string of the molecule is CCC(C)(C)Nc1ccc([N+](=O)[O-])c(OC(C)C)c1. The van der Waals surface area contributed by atoms with Crippen LogP contribution >= 0.6 is 0 Å². The summed E-state index contributed by atoms with van der Waals surface area (Å²) in [4.78, 5) is 10.5. The van der Waals surface area contributed by atoms with Crippen LogP contribution in [0.4, 0.5) is 11.4 Å². The van der Waals surface area contributed by atoms with Crippen molar-refractivity contribution >= 4 is 11.4 Å². The van der Waals surface area contributed by atoms with Crippen molar-refractivity contribution in [3.05, 3.63) is 28.3 Å². The minimum atomic E-state index is -0.424. The maximum atomic E-state index is 11.0. The molecule has 0 aliphatic carbocycles. The number of benzene rings is 1. The number of hydrogen-bond donors (Lipinski definition) is 1. The van der Waals surface area contributed by atoms with Gasteiger partial charge in [0.15, 0.2) is 5.75 Å². The standard InChI is InChI=1S/C14H22N2O3/c1-6-14(4,5)15-11-7-8-12(16(17)18)13(9-11)19-10(2)3/h7-10,15H,6H2,1-5H3. The lowest BCUT2D eigenvalue weighted by Gasteiger charge is -2.26. The number of nitro groups is 1. The molecule has 0 saturated carbocycles. The van der Waals surface area contributed by atoms with Gasteiger partial charge in [0.2, 0.25) is 0 Å². The lowest BCUT2D eigenvalue weighted by atomic mass is 10.0. The van der Waals surface area contributed by atoms with Crippen molar-refractivity contribution in [1.29, 1.82) is 0 Å². The Balaban J connectivity index is 3.07. The van der Waals surface area contributed by atoms with Crippen LogP contribution < -0.4 is 10.1 Å². The second-order valence-electron chi connectivity index (χ2n) is 5.47. The van der Waals surface area contributed by atoms with Crippen LogP contribution in [0, 0.1) is 10.1 Å². The highest BCUT2D eigenvalue weighted by Gasteiger charge is 2.19. The van der Waals surface area contributed by atoms with E-state index in [1.165, 1.54) is 6.07 Å². The highest BCUT2D eigenvalue weighted by molar-refractivity contribution is 5.58. The van der Waals surface area contributed by atoms with E-state index in [0.29, 0.717) is 5.75 Å². The average Bonchev–Trinajstić information content (AvgIpc) is 2.27. The van der Waals surface area contributed by atoms with Gasteiger partial charge in [-0.25, -0.2) is 0 Å². The predicted octanol–water partition coefficient (Wildman–Crippen LogP) is 3.98. The molecule has 0 saturated heterocycles. The Bertz CT molecular complexity index is 456. The molecule has 0 aromatic heterocycles. The molecule has 1 aromatic rings. The third-order valence-corrected chi connectivity index (χ3v) is 2.89. The molecule has 1 aromatic carbocycles. The summed E-state index contributed by atoms with van der Waals surface area (Å²) in [5.74, 6) is 0.303. The zero-order valence-corrected chi connectivity index (χ0v) is 12.2. The summed E-state index contributed by atoms with van der Waals surface area (Å²) in [7, 11) is 0. The molecule has 0 unspecified atom stereocenters. The fourth-order valence-corrected chi connectivity index (χ4v) is 1.57. The summed E-state index contributed by atoms with van der Waals surface area (Å²) in [5, 5.41) is 14.3. The Kier molecular flexibility index (Phi) is 4.75. The van der Waals surface area contributed by atoms with Gasteiger partial charge in [0.05, 0.1) is 11.0 Å². The van der Waals surface area contributed by atoms with E-state index in [9.17, 15) is 10.1 Å². The van der Waals surface area contributed by atoms with Gasteiger partial charge < -0.3 is 10.1 Å². The molecule has 5 nitrogen and oxygen atoms in total. The number of nitro benzene ring substituents is 1. The molecule has 19 heavy (non-hydrogen) atoms. The Morgan fingerprint density at radius 2 is 2.05 bits per heavy atom. The fourth-order valence-electron chi connectivity index (χ4n) is 1.57. The number of nitrogens with zero attached hydrogens (tertiary/aromatic N) is 1. The highest BCUT2D eigenvalue weighted by atomic mass is 16.6. The summed E-state index contributed by atoms with van der Waals surface area (Å²) in [6, 6.07) is 4.88. The lowest BCUT2D eigenvalue weighted by molar-refractivity contribution is -0.386. The summed E-state index contributed by atoms with van der Waals surface area (Å²) in [6.45, 7) is 9.94. The number of nitrogens with one attached hydrogen (secondary N) is 1. The molecular weight excluding hydrogens is 244 g/mol. The van der Waals surface area contributed by atoms with Crippen molar-refractivity contribution in [3.8, 4) is 5.75 Å². The largest absolute Gasteiger partial charge is 0.484 e. The van der Waals surface area contributed by atoms with Crippen molar-refractivity contribution in [2.24, 2.45) is 0 Å². The van der Waals surface area contributed by atoms with Gasteiger partial charge in [-0.15, -0.1) is 0 Å². The molecule has 0 spiro atoms. The summed E-state index contributed by atoms with van der Waals surface area (Å²) >= 11 is 0. The molecule has 0 aliphatic rings. The molecule has 1 N–H and O–H groups in total. The van der Waals surface area contributed by atoms with Crippen LogP contribution in [0.1, 0.15) is 41.0 Å². The lowest BCUT2D eigenvalue weighted by Crippen LogP contribution is -2.29. The van der Waals surface area contributed by atoms with Crippen molar-refractivity contribution in [2.45, 2.75) is 52.7 Å². The van der Waals surface area contributed by atoms with Crippen molar-refractivity contribution in [3.63, 3.8) is 0 Å². The highest BCUT2D eigenvalue weighted by Crippen LogP contribution is 2.32. The number of rotatable bonds is 6. The van der Waals surface area contributed by atoms with Gasteiger partial charge in [-0.3, -0.25) is 10.1 Å². The molecule has 0 atom stereocenters. The zero-order chi connectivity index (χ0) is 14.6. The van der Waals surface area contributed by atoms with Gasteiger partial charge in [-0.05, 0) is 40.2 Å². The monoisotopic (exact) mass is 266 g/mol. The van der Waals surface area contributed by atoms with E-state index in [1.54, 1.807) is 12.1 Å². The molecule has 0 amide bonds. The smallest absolute Gasteiger partial charge is 0.311 e. The van der Waals surface area contributed by atoms with Gasteiger partial charge >= 0.3 is 5.69 Å². The molecule has 1 rings (SSSR count). The Hall–Kier alpha value is -1.78. The topological polar surface area (TPSA) is 64.4 Å². The fraction of sp³-hybridized carbons (Fsp3) is 0.571. The maximum Gasteiger partial charge on any atom is 0.311 e. The van der Waals surface area contributed by atoms with Crippen LogP contribution in [0.3, 0.4) is 0 Å². The molecule has 5 heteroatoms. The number of hydrogen-bond acceptors (Lipinski definition) is 4. The maximum absolute atomic E-state index is 11.0. The van der Waals surface area contributed by atoms with E-state index in [4.69, 9.17) is 4.74 Å². The minimum absolute atomic E-state index is 0.00597. The van der Waals surface area contributed by atoms with E-state index in [0.717, 1.165) is 12.1 Å². The number of ether oxygens (including phenoxy) is 1. The molecule has 0 bridgehead atoms. The first kappa shape index (κ1) is 15.3. The van der Waals surface area contributed by atoms with Crippen LogP contribution in [-0.2, 0) is 0 Å². The summed E-state index contributed by atoms with van der Waals surface area (Å²) in [6.07, 6.45) is 0.845. The van der Waals surface area contributed by atoms with Gasteiger partial charge in [-0.2, -0.15) is 0 Å². The van der Waals surface area contributed by atoms with Crippen LogP contribution in [-0.4, -0.2) is 16.6 Å². The first-order chi connectivity index (χ1) is 8.75. The molecule has 106 valence electrons. The molecule has 0 aliphatic heterocycles. The van der Waals surface area contributed by atoms with E-state index in [2.05, 4.69) is 26.1 Å². The van der Waals surface area contributed by atoms with Gasteiger partial charge in [0, 0.05) is 23.4 Å². The first-order valence-electron chi connectivity index (χ1n) is 6.48. The van der Waals surface area contributed by atoms with Crippen LogP contribution in [0.15, 0.2) is 18.2 Å². The quantitative estimate of drug-likeness (QED) is 0.624. The third-order valence-electron chi connectivity index (χ3n) is 2.89. The zero-order valence-electron chi connectivity index (χ0n) is 12.2. The normalized spacial score (nSPS) is 11.5. The van der Waals surface area contributed by atoms with Crippen LogP contribution in [0.25, 0.3) is 0 Å². The molecular formula is C14H22N2O3. The predicted molar refractivity (Wildman–Crippen MR) is 76.9 cm³/mol. The van der Waals surface area contributed by atoms with Crippen LogP contribution in [0.2, 0.25) is 0 Å². The Labute approximate surface area is 114 Å². The first-order valence-corrected chi connectivity index (χ1v) is 6.48. The van der Waals surface area contributed by atoms with Crippen molar-refractivity contribution in [1.82, 2.24) is 0 Å². The van der Waals surface area contributed by atoms with E-state index in [1.807, 2.05) is 13.8 Å². The van der Waals surface area contributed by atoms with Crippen LogP contribution in [0.5, 0.6) is 5.75 Å². The van der Waals surface area contributed by atoms with Gasteiger partial charge in [0.25, 0.3) is 0 Å². The molecule has 0 radical (unpaired) electrons. The second kappa shape index (κ2) is 5.91. The average molecular weight is 266 g/mol. The second-order valence-corrected chi connectivity index (χ2v) is 5.47. The summed E-state index contributed by atoms with van der Waals surface area (Å²) in [5.41, 5.74) is 0.757. The van der Waals surface area contributed by atoms with Gasteiger partial charge in [0.1, 0.15) is 0 Å². The third kappa shape index (κ3) is 4.43. The molecule has 0 heterocycles. The Morgan fingerprint density at radius 3 is 2.53 bits per heavy atom. The molecule has 0 fully saturated rings.